The molecule has 0 saturated heterocycles. The van der Waals surface area contributed by atoms with Gasteiger partial charge in [-0.05, 0) is 23.1 Å². The molecule has 6 nitrogen and oxygen atoms in total. The van der Waals surface area contributed by atoms with E-state index in [9.17, 15) is 9.59 Å². The molecular weight excluding hydrogens is 384 g/mol. The number of halogens is 1. The SMILES string of the molecule is Cn1nc(NC(=O)Cc2ccccc2Cl)c2c1NC(=O)C[C@@H]2c1cccs1. The van der Waals surface area contributed by atoms with Gasteiger partial charge < -0.3 is 10.6 Å². The van der Waals surface area contributed by atoms with Crippen LogP contribution in [0, 0.1) is 0 Å². The first-order valence-corrected chi connectivity index (χ1v) is 9.72. The molecule has 1 aliphatic rings. The Kier molecular flexibility index (Phi) is 4.72. The molecule has 2 N–H and O–H groups in total. The summed E-state index contributed by atoms with van der Waals surface area (Å²) in [5.41, 5.74) is 1.59. The molecule has 4 rings (SSSR count). The highest BCUT2D eigenvalue weighted by Gasteiger charge is 2.34. The van der Waals surface area contributed by atoms with Gasteiger partial charge in [-0.3, -0.25) is 14.3 Å². The number of carbonyl (C=O) groups is 2. The molecule has 1 aliphatic heterocycles. The second kappa shape index (κ2) is 7.17. The molecule has 0 spiro atoms. The summed E-state index contributed by atoms with van der Waals surface area (Å²) in [6.45, 7) is 0. The number of rotatable bonds is 4. The highest BCUT2D eigenvalue weighted by Crippen LogP contribution is 2.42. The topological polar surface area (TPSA) is 76.0 Å². The first kappa shape index (κ1) is 17.8. The summed E-state index contributed by atoms with van der Waals surface area (Å²) >= 11 is 7.74. The Morgan fingerprint density at radius 3 is 2.93 bits per heavy atom. The van der Waals surface area contributed by atoms with Gasteiger partial charge in [0.1, 0.15) is 5.82 Å². The van der Waals surface area contributed by atoms with Crippen LogP contribution >= 0.6 is 22.9 Å². The Morgan fingerprint density at radius 2 is 2.19 bits per heavy atom. The number of thiophene rings is 1. The van der Waals surface area contributed by atoms with Gasteiger partial charge in [-0.25, -0.2) is 0 Å². The molecule has 138 valence electrons. The minimum atomic E-state index is -0.203. The van der Waals surface area contributed by atoms with Crippen LogP contribution in [-0.4, -0.2) is 21.6 Å². The standard InChI is InChI=1S/C19H17ClN4O2S/c1-24-19-17(12(10-16(26)22-19)14-7-4-8-27-14)18(23-24)21-15(25)9-11-5-2-3-6-13(11)20/h2-8,12H,9-10H2,1H3,(H,22,26)(H,21,23,25)/t12-/m1/s1. The van der Waals surface area contributed by atoms with Gasteiger partial charge in [0.15, 0.2) is 5.82 Å². The number of anilines is 2. The van der Waals surface area contributed by atoms with Crippen molar-refractivity contribution in [2.45, 2.75) is 18.8 Å². The van der Waals surface area contributed by atoms with Gasteiger partial charge >= 0.3 is 0 Å². The van der Waals surface area contributed by atoms with Crippen LogP contribution in [0.2, 0.25) is 5.02 Å². The summed E-state index contributed by atoms with van der Waals surface area (Å²) in [6, 6.07) is 11.2. The third kappa shape index (κ3) is 3.48. The summed E-state index contributed by atoms with van der Waals surface area (Å²) in [7, 11) is 1.75. The zero-order chi connectivity index (χ0) is 19.0. The van der Waals surface area contributed by atoms with Crippen molar-refractivity contribution in [2.24, 2.45) is 7.05 Å². The van der Waals surface area contributed by atoms with E-state index in [0.717, 1.165) is 16.0 Å². The Labute approximate surface area is 165 Å². The normalized spacial score (nSPS) is 15.9. The fourth-order valence-electron chi connectivity index (χ4n) is 3.30. The maximum absolute atomic E-state index is 12.6. The van der Waals surface area contributed by atoms with Gasteiger partial charge in [0.25, 0.3) is 0 Å². The molecule has 0 unspecified atom stereocenters. The third-order valence-corrected chi connectivity index (χ3v) is 5.89. The number of fused-ring (bicyclic) bond motifs is 1. The second-order valence-electron chi connectivity index (χ2n) is 6.37. The highest BCUT2D eigenvalue weighted by atomic mass is 35.5. The molecule has 0 bridgehead atoms. The van der Waals surface area contributed by atoms with E-state index in [-0.39, 0.29) is 24.2 Å². The van der Waals surface area contributed by atoms with Crippen molar-refractivity contribution in [2.75, 3.05) is 10.6 Å². The largest absolute Gasteiger partial charge is 0.311 e. The number of benzene rings is 1. The zero-order valence-electron chi connectivity index (χ0n) is 14.5. The van der Waals surface area contributed by atoms with E-state index >= 15 is 0 Å². The van der Waals surface area contributed by atoms with Crippen molar-refractivity contribution >= 4 is 46.4 Å². The van der Waals surface area contributed by atoms with Crippen molar-refractivity contribution in [1.29, 1.82) is 0 Å². The molecule has 0 radical (unpaired) electrons. The number of carbonyl (C=O) groups excluding carboxylic acids is 2. The monoisotopic (exact) mass is 400 g/mol. The van der Waals surface area contributed by atoms with Crippen molar-refractivity contribution in [1.82, 2.24) is 9.78 Å². The molecule has 3 heterocycles. The van der Waals surface area contributed by atoms with Crippen LogP contribution in [0.4, 0.5) is 11.6 Å². The van der Waals surface area contributed by atoms with Crippen LogP contribution in [0.15, 0.2) is 41.8 Å². The Bertz CT molecular complexity index is 1010. The maximum atomic E-state index is 12.6. The van der Waals surface area contributed by atoms with E-state index in [1.54, 1.807) is 29.1 Å². The van der Waals surface area contributed by atoms with Crippen molar-refractivity contribution in [3.05, 3.63) is 62.8 Å². The fraction of sp³-hybridized carbons (Fsp3) is 0.211. The van der Waals surface area contributed by atoms with Crippen LogP contribution in [0.5, 0.6) is 0 Å². The Morgan fingerprint density at radius 1 is 1.37 bits per heavy atom. The van der Waals surface area contributed by atoms with Crippen molar-refractivity contribution in [3.8, 4) is 0 Å². The number of aromatic nitrogens is 2. The highest BCUT2D eigenvalue weighted by molar-refractivity contribution is 7.10. The number of nitrogens with zero attached hydrogens (tertiary/aromatic N) is 2. The Balaban J connectivity index is 1.65. The molecule has 3 aromatic rings. The lowest BCUT2D eigenvalue weighted by Gasteiger charge is -2.23. The minimum Gasteiger partial charge on any atom is -0.311 e. The van der Waals surface area contributed by atoms with Crippen molar-refractivity contribution in [3.63, 3.8) is 0 Å². The molecule has 0 fully saturated rings. The maximum Gasteiger partial charge on any atom is 0.230 e. The minimum absolute atomic E-state index is 0.0576. The number of hydrogen-bond donors (Lipinski definition) is 2. The summed E-state index contributed by atoms with van der Waals surface area (Å²) < 4.78 is 1.60. The lowest BCUT2D eigenvalue weighted by Crippen LogP contribution is -2.25. The molecule has 0 saturated carbocycles. The molecule has 1 atom stereocenters. The second-order valence-corrected chi connectivity index (χ2v) is 7.76. The summed E-state index contributed by atoms with van der Waals surface area (Å²) in [6.07, 6.45) is 0.480. The van der Waals surface area contributed by atoms with E-state index in [1.165, 1.54) is 0 Å². The molecule has 2 aromatic heterocycles. The summed E-state index contributed by atoms with van der Waals surface area (Å²) in [4.78, 5) is 25.8. The molecule has 27 heavy (non-hydrogen) atoms. The number of amides is 2. The Hall–Kier alpha value is -2.64. The fourth-order valence-corrected chi connectivity index (χ4v) is 4.34. The van der Waals surface area contributed by atoms with E-state index in [2.05, 4.69) is 15.7 Å². The van der Waals surface area contributed by atoms with Gasteiger partial charge in [-0.1, -0.05) is 35.9 Å². The van der Waals surface area contributed by atoms with E-state index in [4.69, 9.17) is 11.6 Å². The van der Waals surface area contributed by atoms with Crippen LogP contribution < -0.4 is 10.6 Å². The van der Waals surface area contributed by atoms with Crippen LogP contribution in [0.3, 0.4) is 0 Å². The molecule has 1 aromatic carbocycles. The van der Waals surface area contributed by atoms with Crippen LogP contribution in [-0.2, 0) is 23.1 Å². The molecule has 8 heteroatoms. The summed E-state index contributed by atoms with van der Waals surface area (Å²) in [5, 5.41) is 12.7. The van der Waals surface area contributed by atoms with E-state index in [0.29, 0.717) is 23.1 Å². The molecule has 2 amide bonds. The smallest absolute Gasteiger partial charge is 0.230 e. The molecular formula is C19H17ClN4O2S. The number of nitrogens with one attached hydrogen (secondary N) is 2. The number of aryl methyl sites for hydroxylation is 1. The van der Waals surface area contributed by atoms with Crippen LogP contribution in [0.25, 0.3) is 0 Å². The average molecular weight is 401 g/mol. The number of hydrogen-bond acceptors (Lipinski definition) is 4. The third-order valence-electron chi connectivity index (χ3n) is 4.53. The lowest BCUT2D eigenvalue weighted by molar-refractivity contribution is -0.117. The molecule has 0 aliphatic carbocycles. The van der Waals surface area contributed by atoms with Gasteiger partial charge in [-0.2, -0.15) is 5.10 Å². The zero-order valence-corrected chi connectivity index (χ0v) is 16.1. The van der Waals surface area contributed by atoms with E-state index < -0.39 is 0 Å². The van der Waals surface area contributed by atoms with Gasteiger partial charge in [0.2, 0.25) is 11.8 Å². The first-order valence-electron chi connectivity index (χ1n) is 8.46. The van der Waals surface area contributed by atoms with Gasteiger partial charge in [0.05, 0.1) is 6.42 Å². The summed E-state index contributed by atoms with van der Waals surface area (Å²) in [5.74, 6) is 0.711. The first-order chi connectivity index (χ1) is 13.0. The van der Waals surface area contributed by atoms with E-state index in [1.807, 2.05) is 35.7 Å². The predicted molar refractivity (Wildman–Crippen MR) is 106 cm³/mol. The quantitative estimate of drug-likeness (QED) is 0.699. The van der Waals surface area contributed by atoms with Gasteiger partial charge in [0, 0.05) is 34.8 Å². The average Bonchev–Trinajstić information content (AvgIpc) is 3.26. The van der Waals surface area contributed by atoms with Crippen molar-refractivity contribution < 1.29 is 9.59 Å². The predicted octanol–water partition coefficient (Wildman–Crippen LogP) is 3.79. The van der Waals surface area contributed by atoms with Crippen LogP contribution in [0.1, 0.15) is 28.3 Å². The lowest BCUT2D eigenvalue weighted by atomic mass is 9.92. The van der Waals surface area contributed by atoms with Gasteiger partial charge in [-0.15, -0.1) is 11.3 Å².